The molecule has 24 heavy (non-hydrogen) atoms. The van der Waals surface area contributed by atoms with Gasteiger partial charge in [-0.25, -0.2) is 14.8 Å². The second-order valence-electron chi connectivity index (χ2n) is 6.08. The Kier molecular flexibility index (Phi) is 4.73. The Morgan fingerprint density at radius 1 is 1.42 bits per heavy atom. The van der Waals surface area contributed by atoms with E-state index in [0.29, 0.717) is 18.8 Å². The number of hydrogen-bond acceptors (Lipinski definition) is 5. The molecular weight excluding hydrogens is 310 g/mol. The summed E-state index contributed by atoms with van der Waals surface area (Å²) in [4.78, 5) is 45.7. The molecule has 0 radical (unpaired) electrons. The number of nitrogens with one attached hydrogen (secondary N) is 2. The van der Waals surface area contributed by atoms with Crippen molar-refractivity contribution in [2.45, 2.75) is 51.6 Å². The van der Waals surface area contributed by atoms with Crippen molar-refractivity contribution in [1.29, 1.82) is 0 Å². The van der Waals surface area contributed by atoms with Gasteiger partial charge in [0.1, 0.15) is 11.9 Å². The minimum Gasteiger partial charge on any atom is -0.349 e. The normalized spacial score (nSPS) is 19.4. The number of rotatable bonds is 6. The number of fused-ring (bicyclic) bond motifs is 1. The lowest BCUT2D eigenvalue weighted by molar-refractivity contribution is -0.130. The first-order chi connectivity index (χ1) is 11.6. The molecule has 0 saturated carbocycles. The molecule has 1 saturated heterocycles. The van der Waals surface area contributed by atoms with Crippen LogP contribution in [0.2, 0.25) is 0 Å². The zero-order valence-electron chi connectivity index (χ0n) is 13.7. The molecule has 1 aromatic heterocycles. The fourth-order valence-electron chi connectivity index (χ4n) is 3.03. The highest BCUT2D eigenvalue weighted by Gasteiger charge is 2.38. The predicted octanol–water partition coefficient (Wildman–Crippen LogP) is 0.302. The number of aromatic nitrogens is 2. The van der Waals surface area contributed by atoms with Gasteiger partial charge in [-0.1, -0.05) is 6.92 Å². The van der Waals surface area contributed by atoms with Gasteiger partial charge in [-0.15, -0.1) is 0 Å². The number of urea groups is 1. The Bertz CT molecular complexity index is 676. The SMILES string of the molecule is CCCN1C(=O)N[C@@H](CC(=O)NCc2ncc3c(n2)CCC3)C1=O. The lowest BCUT2D eigenvalue weighted by Crippen LogP contribution is -2.36. The highest BCUT2D eigenvalue weighted by atomic mass is 16.2. The van der Waals surface area contributed by atoms with Crippen LogP contribution in [0.3, 0.4) is 0 Å². The van der Waals surface area contributed by atoms with Gasteiger partial charge < -0.3 is 10.6 Å². The van der Waals surface area contributed by atoms with Gasteiger partial charge in [0.15, 0.2) is 0 Å². The first-order valence-electron chi connectivity index (χ1n) is 8.30. The van der Waals surface area contributed by atoms with Crippen LogP contribution in [0.5, 0.6) is 0 Å². The van der Waals surface area contributed by atoms with E-state index < -0.39 is 12.1 Å². The van der Waals surface area contributed by atoms with Gasteiger partial charge in [-0.2, -0.15) is 0 Å². The number of amides is 4. The van der Waals surface area contributed by atoms with Gasteiger partial charge in [0.05, 0.1) is 13.0 Å². The van der Waals surface area contributed by atoms with E-state index in [1.807, 2.05) is 13.1 Å². The summed E-state index contributed by atoms with van der Waals surface area (Å²) in [6.45, 7) is 2.47. The lowest BCUT2D eigenvalue weighted by atomic mass is 10.2. The molecule has 0 spiro atoms. The van der Waals surface area contributed by atoms with Crippen LogP contribution in [0.4, 0.5) is 4.79 Å². The minimum atomic E-state index is -0.787. The van der Waals surface area contributed by atoms with Crippen molar-refractivity contribution in [1.82, 2.24) is 25.5 Å². The first kappa shape index (κ1) is 16.4. The Balaban J connectivity index is 1.51. The van der Waals surface area contributed by atoms with E-state index in [1.165, 1.54) is 5.56 Å². The number of carbonyl (C=O) groups excluding carboxylic acids is 3. The highest BCUT2D eigenvalue weighted by Crippen LogP contribution is 2.18. The van der Waals surface area contributed by atoms with E-state index in [2.05, 4.69) is 20.6 Å². The van der Waals surface area contributed by atoms with Crippen molar-refractivity contribution in [3.05, 3.63) is 23.3 Å². The van der Waals surface area contributed by atoms with Gasteiger partial charge in [0.2, 0.25) is 5.91 Å². The van der Waals surface area contributed by atoms with Crippen LogP contribution in [0.25, 0.3) is 0 Å². The van der Waals surface area contributed by atoms with E-state index in [0.717, 1.165) is 29.9 Å². The molecule has 4 amide bonds. The van der Waals surface area contributed by atoms with Crippen LogP contribution in [-0.2, 0) is 29.0 Å². The number of hydrogen-bond donors (Lipinski definition) is 2. The first-order valence-corrected chi connectivity index (χ1v) is 8.30. The third-order valence-corrected chi connectivity index (χ3v) is 4.25. The fourth-order valence-corrected chi connectivity index (χ4v) is 3.03. The standard InChI is InChI=1S/C16H21N5O3/c1-2-6-21-15(23)12(20-16(21)24)7-14(22)18-9-13-17-8-10-4-3-5-11(10)19-13/h8,12H,2-7,9H2,1H3,(H,18,22)(H,20,24)/t12-/m0/s1. The molecule has 1 aromatic rings. The van der Waals surface area contributed by atoms with Gasteiger partial charge in [0, 0.05) is 18.4 Å². The maximum atomic E-state index is 12.1. The van der Waals surface area contributed by atoms with E-state index in [1.54, 1.807) is 0 Å². The number of carbonyl (C=O) groups is 3. The molecule has 8 nitrogen and oxygen atoms in total. The summed E-state index contributed by atoms with van der Waals surface area (Å²) in [7, 11) is 0. The number of nitrogens with zero attached hydrogens (tertiary/aromatic N) is 3. The molecule has 2 aliphatic rings. The maximum absolute atomic E-state index is 12.1. The maximum Gasteiger partial charge on any atom is 0.324 e. The molecule has 0 unspecified atom stereocenters. The van der Waals surface area contributed by atoms with Crippen LogP contribution < -0.4 is 10.6 Å². The highest BCUT2D eigenvalue weighted by molar-refractivity contribution is 6.05. The second-order valence-corrected chi connectivity index (χ2v) is 6.08. The van der Waals surface area contributed by atoms with Crippen molar-refractivity contribution in [3.8, 4) is 0 Å². The van der Waals surface area contributed by atoms with Gasteiger partial charge in [-0.3, -0.25) is 14.5 Å². The molecule has 1 aliphatic heterocycles. The van der Waals surface area contributed by atoms with Crippen LogP contribution in [0.15, 0.2) is 6.20 Å². The fraction of sp³-hybridized carbons (Fsp3) is 0.562. The molecule has 8 heteroatoms. The predicted molar refractivity (Wildman–Crippen MR) is 84.8 cm³/mol. The molecule has 1 aliphatic carbocycles. The smallest absolute Gasteiger partial charge is 0.324 e. The molecule has 128 valence electrons. The molecule has 1 atom stereocenters. The lowest BCUT2D eigenvalue weighted by Gasteiger charge is -2.11. The summed E-state index contributed by atoms with van der Waals surface area (Å²) < 4.78 is 0. The van der Waals surface area contributed by atoms with Crippen LogP contribution in [0, 0.1) is 0 Å². The van der Waals surface area contributed by atoms with E-state index >= 15 is 0 Å². The quantitative estimate of drug-likeness (QED) is 0.730. The van der Waals surface area contributed by atoms with Crippen LogP contribution in [0.1, 0.15) is 43.3 Å². The summed E-state index contributed by atoms with van der Waals surface area (Å²) in [5, 5.41) is 5.26. The monoisotopic (exact) mass is 331 g/mol. The summed E-state index contributed by atoms with van der Waals surface area (Å²) in [6, 6.07) is -1.22. The molecule has 2 N–H and O–H groups in total. The molecule has 1 fully saturated rings. The third-order valence-electron chi connectivity index (χ3n) is 4.25. The summed E-state index contributed by atoms with van der Waals surface area (Å²) in [5.74, 6) is -0.0831. The second kappa shape index (κ2) is 6.94. The van der Waals surface area contributed by atoms with E-state index in [4.69, 9.17) is 0 Å². The summed E-state index contributed by atoms with van der Waals surface area (Å²) in [5.41, 5.74) is 2.24. The zero-order valence-corrected chi connectivity index (χ0v) is 13.7. The molecular formula is C16H21N5O3. The molecule has 2 heterocycles. The average Bonchev–Trinajstić information content (AvgIpc) is 3.13. The Labute approximate surface area is 140 Å². The average molecular weight is 331 g/mol. The number of imide groups is 1. The number of aryl methyl sites for hydroxylation is 2. The minimum absolute atomic E-state index is 0.0737. The van der Waals surface area contributed by atoms with E-state index in [-0.39, 0.29) is 24.8 Å². The van der Waals surface area contributed by atoms with Gasteiger partial charge in [0.25, 0.3) is 5.91 Å². The van der Waals surface area contributed by atoms with Crippen molar-refractivity contribution < 1.29 is 14.4 Å². The summed E-state index contributed by atoms with van der Waals surface area (Å²) in [6.07, 6.45) is 5.50. The molecule has 0 aromatic carbocycles. The van der Waals surface area contributed by atoms with E-state index in [9.17, 15) is 14.4 Å². The third kappa shape index (κ3) is 3.37. The zero-order chi connectivity index (χ0) is 17.1. The summed E-state index contributed by atoms with van der Waals surface area (Å²) >= 11 is 0. The molecule has 0 bridgehead atoms. The van der Waals surface area contributed by atoms with Crippen molar-refractivity contribution >= 4 is 17.8 Å². The Hall–Kier alpha value is -2.51. The Morgan fingerprint density at radius 3 is 3.04 bits per heavy atom. The van der Waals surface area contributed by atoms with Gasteiger partial charge in [-0.05, 0) is 31.2 Å². The Morgan fingerprint density at radius 2 is 2.25 bits per heavy atom. The van der Waals surface area contributed by atoms with Crippen molar-refractivity contribution in [2.24, 2.45) is 0 Å². The largest absolute Gasteiger partial charge is 0.349 e. The molecule has 3 rings (SSSR count). The van der Waals surface area contributed by atoms with Crippen LogP contribution >= 0.6 is 0 Å². The van der Waals surface area contributed by atoms with Crippen molar-refractivity contribution in [3.63, 3.8) is 0 Å². The van der Waals surface area contributed by atoms with Gasteiger partial charge >= 0.3 is 6.03 Å². The van der Waals surface area contributed by atoms with Crippen LogP contribution in [-0.4, -0.2) is 45.3 Å². The van der Waals surface area contributed by atoms with Crippen molar-refractivity contribution in [2.75, 3.05) is 6.54 Å². The topological polar surface area (TPSA) is 104 Å².